The van der Waals surface area contributed by atoms with Gasteiger partial charge in [-0.2, -0.15) is 5.10 Å². The minimum absolute atomic E-state index is 0.128. The van der Waals surface area contributed by atoms with E-state index in [1.54, 1.807) is 0 Å². The average molecular weight is 320 g/mol. The molecular weight excluding hydrogens is 298 g/mol. The van der Waals surface area contributed by atoms with E-state index in [0.29, 0.717) is 17.0 Å². The highest BCUT2D eigenvalue weighted by Crippen LogP contribution is 2.40. The van der Waals surface area contributed by atoms with Crippen LogP contribution in [-0.4, -0.2) is 35.8 Å². The zero-order valence-corrected chi connectivity index (χ0v) is 13.8. The third-order valence-corrected chi connectivity index (χ3v) is 5.27. The van der Waals surface area contributed by atoms with Crippen molar-refractivity contribution < 1.29 is 4.74 Å². The quantitative estimate of drug-likeness (QED) is 0.929. The van der Waals surface area contributed by atoms with E-state index in [2.05, 4.69) is 21.5 Å². The van der Waals surface area contributed by atoms with E-state index in [0.717, 1.165) is 5.75 Å². The minimum atomic E-state index is 0.128. The Morgan fingerprint density at radius 1 is 1.32 bits per heavy atom. The average Bonchev–Trinajstić information content (AvgIpc) is 2.97. The summed E-state index contributed by atoms with van der Waals surface area (Å²) in [6, 6.07) is 6.74. The maximum Gasteiger partial charge on any atom is 0.138 e. The third-order valence-electron chi connectivity index (χ3n) is 4.97. The van der Waals surface area contributed by atoms with Gasteiger partial charge in [0.05, 0.1) is 28.9 Å². The van der Waals surface area contributed by atoms with Gasteiger partial charge in [-0.15, -0.1) is 0 Å². The van der Waals surface area contributed by atoms with Gasteiger partial charge >= 0.3 is 0 Å². The number of ether oxygens (including phenoxy) is 1. The topological polar surface area (TPSA) is 36.9 Å². The first-order chi connectivity index (χ1) is 10.6. The van der Waals surface area contributed by atoms with Crippen molar-refractivity contribution in [3.05, 3.63) is 28.8 Å². The number of piperidine rings is 3. The van der Waals surface area contributed by atoms with Crippen molar-refractivity contribution in [2.45, 2.75) is 44.9 Å². The summed E-state index contributed by atoms with van der Waals surface area (Å²) in [5, 5.41) is 5.33. The molecule has 4 aliphatic rings. The summed E-state index contributed by atoms with van der Waals surface area (Å²) in [6.45, 7) is 6.40. The van der Waals surface area contributed by atoms with Gasteiger partial charge in [0, 0.05) is 5.92 Å². The maximum absolute atomic E-state index is 6.40. The zero-order valence-electron chi connectivity index (χ0n) is 13.1. The summed E-state index contributed by atoms with van der Waals surface area (Å²) in [7, 11) is 0. The number of rotatable bonds is 3. The van der Waals surface area contributed by atoms with Crippen LogP contribution in [0, 0.1) is 5.92 Å². The van der Waals surface area contributed by atoms with Crippen LogP contribution in [0.25, 0.3) is 0 Å². The van der Waals surface area contributed by atoms with Crippen LogP contribution in [-0.2, 0) is 0 Å². The molecule has 4 heterocycles. The van der Waals surface area contributed by atoms with Crippen molar-refractivity contribution in [2.75, 3.05) is 13.1 Å². The highest BCUT2D eigenvalue weighted by Gasteiger charge is 2.46. The van der Waals surface area contributed by atoms with Crippen molar-refractivity contribution >= 4 is 17.3 Å². The molecule has 118 valence electrons. The van der Waals surface area contributed by atoms with Gasteiger partial charge in [0.2, 0.25) is 0 Å². The summed E-state index contributed by atoms with van der Waals surface area (Å²) in [5.74, 6) is 1.43. The SMILES string of the molecule is CC(C)Oc1ccc(C2NN=C3C4CCN(CC4)C32)cc1Cl. The zero-order chi connectivity index (χ0) is 15.3. The largest absolute Gasteiger partial charge is 0.489 e. The van der Waals surface area contributed by atoms with Gasteiger partial charge in [-0.3, -0.25) is 4.90 Å². The van der Waals surface area contributed by atoms with Crippen molar-refractivity contribution in [3.63, 3.8) is 0 Å². The second-order valence-electron chi connectivity index (χ2n) is 6.75. The Morgan fingerprint density at radius 2 is 2.09 bits per heavy atom. The van der Waals surface area contributed by atoms with Gasteiger partial charge < -0.3 is 10.2 Å². The van der Waals surface area contributed by atoms with E-state index in [1.165, 1.54) is 37.2 Å². The highest BCUT2D eigenvalue weighted by molar-refractivity contribution is 6.32. The second kappa shape index (κ2) is 5.43. The first-order valence-corrected chi connectivity index (χ1v) is 8.54. The molecule has 0 radical (unpaired) electrons. The fourth-order valence-electron chi connectivity index (χ4n) is 3.97. The molecule has 3 saturated heterocycles. The molecule has 1 aromatic rings. The van der Waals surface area contributed by atoms with Gasteiger partial charge in [-0.25, -0.2) is 0 Å². The van der Waals surface area contributed by atoms with Crippen molar-refractivity contribution in [3.8, 4) is 5.75 Å². The molecule has 4 aliphatic heterocycles. The van der Waals surface area contributed by atoms with E-state index in [9.17, 15) is 0 Å². The Labute approximate surface area is 136 Å². The van der Waals surface area contributed by atoms with Crippen LogP contribution in [0.4, 0.5) is 0 Å². The van der Waals surface area contributed by atoms with E-state index >= 15 is 0 Å². The molecule has 0 spiro atoms. The molecule has 0 aliphatic carbocycles. The van der Waals surface area contributed by atoms with E-state index < -0.39 is 0 Å². The van der Waals surface area contributed by atoms with Crippen molar-refractivity contribution in [2.24, 2.45) is 11.0 Å². The van der Waals surface area contributed by atoms with Gasteiger partial charge in [-0.05, 0) is 57.5 Å². The van der Waals surface area contributed by atoms with Crippen LogP contribution in [0.1, 0.15) is 38.3 Å². The molecule has 0 amide bonds. The standard InChI is InChI=1S/C17H22ClN3O/c1-10(2)22-14-4-3-12(9-13(14)18)16-17-15(19-20-16)11-5-7-21(17)8-6-11/h3-4,9-11,16-17,20H,5-8H2,1-2H3. The Hall–Kier alpha value is -1.26. The fraction of sp³-hybridized carbons (Fsp3) is 0.588. The fourth-order valence-corrected chi connectivity index (χ4v) is 4.21. The summed E-state index contributed by atoms with van der Waals surface area (Å²) in [6.07, 6.45) is 2.64. The first kappa shape index (κ1) is 14.3. The predicted octanol–water partition coefficient (Wildman–Crippen LogP) is 3.22. The summed E-state index contributed by atoms with van der Waals surface area (Å²) in [4.78, 5) is 2.57. The molecular formula is C17H22ClN3O. The highest BCUT2D eigenvalue weighted by atomic mass is 35.5. The van der Waals surface area contributed by atoms with E-state index in [4.69, 9.17) is 16.3 Å². The number of hydrogen-bond acceptors (Lipinski definition) is 4. The van der Waals surface area contributed by atoms with Crippen LogP contribution < -0.4 is 10.2 Å². The number of hydrazone groups is 1. The van der Waals surface area contributed by atoms with Gasteiger partial charge in [0.25, 0.3) is 0 Å². The predicted molar refractivity (Wildman–Crippen MR) is 88.6 cm³/mol. The number of benzene rings is 1. The lowest BCUT2D eigenvalue weighted by atomic mass is 9.78. The van der Waals surface area contributed by atoms with Crippen LogP contribution in [0.2, 0.25) is 5.02 Å². The molecule has 2 unspecified atom stereocenters. The van der Waals surface area contributed by atoms with Gasteiger partial charge in [-0.1, -0.05) is 17.7 Å². The molecule has 4 nitrogen and oxygen atoms in total. The molecule has 0 saturated carbocycles. The lowest BCUT2D eigenvalue weighted by molar-refractivity contribution is 0.133. The van der Waals surface area contributed by atoms with Crippen LogP contribution in [0.3, 0.4) is 0 Å². The molecule has 5 rings (SSSR count). The van der Waals surface area contributed by atoms with Crippen molar-refractivity contribution in [1.82, 2.24) is 10.3 Å². The monoisotopic (exact) mass is 319 g/mol. The van der Waals surface area contributed by atoms with Crippen LogP contribution in [0.5, 0.6) is 5.75 Å². The number of halogens is 1. The Balaban J connectivity index is 1.60. The molecule has 0 aromatic heterocycles. The number of nitrogens with one attached hydrogen (secondary N) is 1. The number of hydrogen-bond donors (Lipinski definition) is 1. The summed E-state index contributed by atoms with van der Waals surface area (Å²) < 4.78 is 5.73. The third kappa shape index (κ3) is 2.29. The molecule has 22 heavy (non-hydrogen) atoms. The lowest BCUT2D eigenvalue weighted by Crippen LogP contribution is -2.56. The Kier molecular flexibility index (Phi) is 3.54. The summed E-state index contributed by atoms with van der Waals surface area (Å²) >= 11 is 6.40. The molecule has 3 fully saturated rings. The normalized spacial score (nSPS) is 32.6. The smallest absolute Gasteiger partial charge is 0.138 e. The van der Waals surface area contributed by atoms with E-state index in [1.807, 2.05) is 26.0 Å². The lowest BCUT2D eigenvalue weighted by Gasteiger charge is -2.45. The molecule has 2 bridgehead atoms. The maximum atomic E-state index is 6.40. The van der Waals surface area contributed by atoms with Gasteiger partial charge in [0.1, 0.15) is 5.75 Å². The van der Waals surface area contributed by atoms with Crippen LogP contribution >= 0.6 is 11.6 Å². The summed E-state index contributed by atoms with van der Waals surface area (Å²) in [5.41, 5.74) is 5.89. The minimum Gasteiger partial charge on any atom is -0.489 e. The Bertz CT molecular complexity index is 608. The van der Waals surface area contributed by atoms with E-state index in [-0.39, 0.29) is 12.1 Å². The Morgan fingerprint density at radius 3 is 2.77 bits per heavy atom. The number of fused-ring (bicyclic) bond motifs is 2. The van der Waals surface area contributed by atoms with Crippen LogP contribution in [0.15, 0.2) is 23.3 Å². The second-order valence-corrected chi connectivity index (χ2v) is 7.16. The number of nitrogens with zero attached hydrogens (tertiary/aromatic N) is 2. The molecule has 5 heteroatoms. The van der Waals surface area contributed by atoms with Gasteiger partial charge in [0.15, 0.2) is 0 Å². The molecule has 2 atom stereocenters. The molecule has 1 aromatic carbocycles. The first-order valence-electron chi connectivity index (χ1n) is 8.16. The van der Waals surface area contributed by atoms with Crippen molar-refractivity contribution in [1.29, 1.82) is 0 Å². The molecule has 1 N–H and O–H groups in total.